The molecule has 0 bridgehead atoms. The van der Waals surface area contributed by atoms with E-state index in [1.165, 1.54) is 0 Å². The largest absolute Gasteiger partial charge is 0.431 e. The lowest BCUT2D eigenvalue weighted by Gasteiger charge is -2.12. The van der Waals surface area contributed by atoms with Crippen molar-refractivity contribution in [3.05, 3.63) is 29.8 Å². The van der Waals surface area contributed by atoms with Gasteiger partial charge < -0.3 is 0 Å². The molecule has 0 unspecified atom stereocenters. The second-order valence-corrected chi connectivity index (χ2v) is 3.52. The first-order chi connectivity index (χ1) is 8.29. The van der Waals surface area contributed by atoms with Crippen molar-refractivity contribution in [2.24, 2.45) is 5.10 Å². The molecule has 0 aromatic heterocycles. The summed E-state index contributed by atoms with van der Waals surface area (Å²) in [6, 6.07) is 2.14. The van der Waals surface area contributed by atoms with Gasteiger partial charge in [0.25, 0.3) is 5.91 Å². The molecular weight excluding hydrogens is 259 g/mol. The summed E-state index contributed by atoms with van der Waals surface area (Å²) in [5, 5.41) is 3.30. The Hall–Kier alpha value is -1.99. The Labute approximate surface area is 97.5 Å². The maximum Gasteiger partial charge on any atom is 0.431 e. The fraction of sp³-hybridized carbons (Fsp3) is 0.200. The van der Waals surface area contributed by atoms with Gasteiger partial charge in [0.2, 0.25) is 0 Å². The normalized spacial score (nSPS) is 16.2. The molecule has 96 valence electrons. The molecule has 0 radical (unpaired) electrons. The van der Waals surface area contributed by atoms with E-state index in [4.69, 9.17) is 0 Å². The van der Waals surface area contributed by atoms with Crippen LogP contribution in [0.5, 0.6) is 0 Å². The molecule has 1 aliphatic rings. The molecule has 0 spiro atoms. The second-order valence-electron chi connectivity index (χ2n) is 3.52. The molecule has 0 N–H and O–H groups in total. The van der Waals surface area contributed by atoms with Crippen molar-refractivity contribution in [3.63, 3.8) is 0 Å². The van der Waals surface area contributed by atoms with Gasteiger partial charge in [-0.15, -0.1) is 0 Å². The first-order valence-corrected chi connectivity index (χ1v) is 4.71. The minimum absolute atomic E-state index is 0.289. The molecule has 0 atom stereocenters. The van der Waals surface area contributed by atoms with E-state index >= 15 is 0 Å². The van der Waals surface area contributed by atoms with E-state index in [0.29, 0.717) is 6.07 Å². The van der Waals surface area contributed by atoms with Crippen LogP contribution in [0.25, 0.3) is 0 Å². The van der Waals surface area contributed by atoms with Crippen molar-refractivity contribution in [1.29, 1.82) is 0 Å². The Morgan fingerprint density at radius 3 is 2.39 bits per heavy atom. The van der Waals surface area contributed by atoms with Crippen LogP contribution in [0, 0.1) is 11.6 Å². The predicted octanol–water partition coefficient (Wildman–Crippen LogP) is 2.62. The molecule has 3 nitrogen and oxygen atoms in total. The van der Waals surface area contributed by atoms with Crippen LogP contribution in [0.2, 0.25) is 0 Å². The number of amides is 1. The fourth-order valence-electron chi connectivity index (χ4n) is 1.43. The number of carbonyl (C=O) groups excluding carboxylic acids is 1. The molecule has 1 aromatic rings. The number of rotatable bonds is 1. The zero-order chi connectivity index (χ0) is 13.5. The van der Waals surface area contributed by atoms with Gasteiger partial charge in [-0.05, 0) is 12.1 Å². The third kappa shape index (κ3) is 2.18. The minimum Gasteiger partial charge on any atom is -0.272 e. The molecule has 0 saturated carbocycles. The highest BCUT2D eigenvalue weighted by molar-refractivity contribution is 6.14. The Balaban J connectivity index is 2.40. The van der Waals surface area contributed by atoms with Crippen LogP contribution in [0.4, 0.5) is 27.6 Å². The van der Waals surface area contributed by atoms with Gasteiger partial charge in [-0.1, -0.05) is 0 Å². The molecule has 2 rings (SSSR count). The highest BCUT2D eigenvalue weighted by Crippen LogP contribution is 2.29. The van der Waals surface area contributed by atoms with Gasteiger partial charge in [-0.3, -0.25) is 4.79 Å². The third-order valence-electron chi connectivity index (χ3n) is 2.24. The number of hydrogen-bond donors (Lipinski definition) is 0. The van der Waals surface area contributed by atoms with Gasteiger partial charge in [0.05, 0.1) is 6.42 Å². The molecule has 1 amide bonds. The maximum absolute atomic E-state index is 13.3. The maximum atomic E-state index is 13.3. The van der Waals surface area contributed by atoms with Crippen LogP contribution in [-0.2, 0) is 4.79 Å². The highest BCUT2D eigenvalue weighted by Gasteiger charge is 2.43. The topological polar surface area (TPSA) is 32.7 Å². The number of halogens is 5. The average molecular weight is 264 g/mol. The van der Waals surface area contributed by atoms with Crippen LogP contribution in [0.3, 0.4) is 0 Å². The Morgan fingerprint density at radius 1 is 1.22 bits per heavy atom. The molecule has 8 heteroatoms. The Bertz CT molecular complexity index is 538. The van der Waals surface area contributed by atoms with E-state index in [2.05, 4.69) is 5.10 Å². The van der Waals surface area contributed by atoms with E-state index in [-0.39, 0.29) is 5.01 Å². The monoisotopic (exact) mass is 264 g/mol. The Kier molecular flexibility index (Phi) is 2.80. The predicted molar refractivity (Wildman–Crippen MR) is 52.0 cm³/mol. The number of anilines is 1. The molecular formula is C10H5F5N2O. The third-order valence-corrected chi connectivity index (χ3v) is 2.24. The van der Waals surface area contributed by atoms with Gasteiger partial charge in [0.15, 0.2) is 11.5 Å². The first-order valence-electron chi connectivity index (χ1n) is 4.71. The van der Waals surface area contributed by atoms with Crippen LogP contribution in [0.1, 0.15) is 6.42 Å². The van der Waals surface area contributed by atoms with Gasteiger partial charge in [0, 0.05) is 6.07 Å². The molecule has 0 aliphatic carbocycles. The summed E-state index contributed by atoms with van der Waals surface area (Å²) >= 11 is 0. The summed E-state index contributed by atoms with van der Waals surface area (Å²) < 4.78 is 62.9. The number of carbonyl (C=O) groups is 1. The van der Waals surface area contributed by atoms with Crippen molar-refractivity contribution in [2.75, 3.05) is 5.01 Å². The lowest BCUT2D eigenvalue weighted by Crippen LogP contribution is -2.22. The van der Waals surface area contributed by atoms with E-state index < -0.39 is 41.5 Å². The summed E-state index contributed by atoms with van der Waals surface area (Å²) in [6.07, 6.45) is -5.71. The summed E-state index contributed by atoms with van der Waals surface area (Å²) in [4.78, 5) is 11.3. The van der Waals surface area contributed by atoms with E-state index in [0.717, 1.165) is 12.1 Å². The average Bonchev–Trinajstić information content (AvgIpc) is 2.60. The van der Waals surface area contributed by atoms with E-state index in [1.54, 1.807) is 0 Å². The van der Waals surface area contributed by atoms with Crippen molar-refractivity contribution < 1.29 is 26.7 Å². The van der Waals surface area contributed by atoms with Crippen molar-refractivity contribution in [1.82, 2.24) is 0 Å². The molecule has 0 saturated heterocycles. The van der Waals surface area contributed by atoms with Crippen LogP contribution < -0.4 is 5.01 Å². The second kappa shape index (κ2) is 4.04. The van der Waals surface area contributed by atoms with Crippen molar-refractivity contribution >= 4 is 17.3 Å². The zero-order valence-corrected chi connectivity index (χ0v) is 8.63. The van der Waals surface area contributed by atoms with Crippen LogP contribution in [-0.4, -0.2) is 17.8 Å². The van der Waals surface area contributed by atoms with Gasteiger partial charge in [-0.25, -0.2) is 8.78 Å². The summed E-state index contributed by atoms with van der Waals surface area (Å²) in [5.41, 5.74) is -1.82. The Morgan fingerprint density at radius 2 is 1.89 bits per heavy atom. The van der Waals surface area contributed by atoms with Crippen LogP contribution >= 0.6 is 0 Å². The summed E-state index contributed by atoms with van der Waals surface area (Å²) in [6.45, 7) is 0. The number of benzene rings is 1. The van der Waals surface area contributed by atoms with Gasteiger partial charge >= 0.3 is 6.18 Å². The van der Waals surface area contributed by atoms with Crippen LogP contribution in [0.15, 0.2) is 23.3 Å². The molecule has 1 aliphatic heterocycles. The number of hydrogen-bond acceptors (Lipinski definition) is 2. The zero-order valence-electron chi connectivity index (χ0n) is 8.63. The SMILES string of the molecule is O=C1CC(C(F)(F)F)=NN1c1ccc(F)cc1F. The standard InChI is InChI=1S/C10H5F5N2O/c11-5-1-2-7(6(12)3-5)17-9(18)4-8(16-17)10(13,14)15/h1-3H,4H2. The highest BCUT2D eigenvalue weighted by atomic mass is 19.4. The smallest absolute Gasteiger partial charge is 0.272 e. The first kappa shape index (κ1) is 12.5. The fourth-order valence-corrected chi connectivity index (χ4v) is 1.43. The molecule has 0 fully saturated rings. The number of hydrazone groups is 1. The lowest BCUT2D eigenvalue weighted by molar-refractivity contribution is -0.117. The molecule has 18 heavy (non-hydrogen) atoms. The van der Waals surface area contributed by atoms with Gasteiger partial charge in [-0.2, -0.15) is 23.3 Å². The van der Waals surface area contributed by atoms with Crippen molar-refractivity contribution in [2.45, 2.75) is 12.6 Å². The van der Waals surface area contributed by atoms with E-state index in [1.807, 2.05) is 0 Å². The minimum atomic E-state index is -4.75. The van der Waals surface area contributed by atoms with Gasteiger partial charge in [0.1, 0.15) is 11.5 Å². The molecule has 1 heterocycles. The lowest BCUT2D eigenvalue weighted by atomic mass is 10.2. The quantitative estimate of drug-likeness (QED) is 0.717. The number of alkyl halides is 3. The number of nitrogens with zero attached hydrogens (tertiary/aromatic N) is 2. The van der Waals surface area contributed by atoms with E-state index in [9.17, 15) is 26.7 Å². The van der Waals surface area contributed by atoms with Crippen molar-refractivity contribution in [3.8, 4) is 0 Å². The summed E-state index contributed by atoms with van der Waals surface area (Å²) in [5.74, 6) is -3.08. The summed E-state index contributed by atoms with van der Waals surface area (Å²) in [7, 11) is 0. The molecule has 1 aromatic carbocycles.